The van der Waals surface area contributed by atoms with Crippen molar-refractivity contribution in [3.63, 3.8) is 0 Å². The Kier molecular flexibility index (Phi) is 5.37. The maximum Gasteiger partial charge on any atom is 0.337 e. The van der Waals surface area contributed by atoms with Crippen molar-refractivity contribution >= 4 is 51.8 Å². The molecule has 41 heavy (non-hydrogen) atoms. The lowest BCUT2D eigenvalue weighted by Gasteiger charge is -2.40. The molecule has 1 aliphatic carbocycles. The first kappa shape index (κ1) is 25.2. The van der Waals surface area contributed by atoms with Crippen LogP contribution in [0.1, 0.15) is 52.0 Å². The molecule has 3 aliphatic heterocycles. The van der Waals surface area contributed by atoms with E-state index in [0.29, 0.717) is 46.9 Å². The molecule has 1 N–H and O–H groups in total. The highest BCUT2D eigenvalue weighted by molar-refractivity contribution is 6.31. The number of hydrogen-bond acceptors (Lipinski definition) is 6. The summed E-state index contributed by atoms with van der Waals surface area (Å²) in [4.78, 5) is 33.3. The lowest BCUT2D eigenvalue weighted by atomic mass is 9.74. The van der Waals surface area contributed by atoms with E-state index in [4.69, 9.17) is 33.0 Å². The normalized spacial score (nSPS) is 26.3. The van der Waals surface area contributed by atoms with Crippen molar-refractivity contribution < 1.29 is 18.7 Å². The number of ether oxygens (including phenoxy) is 1. The second-order valence-corrected chi connectivity index (χ2v) is 12.1. The van der Waals surface area contributed by atoms with Gasteiger partial charge in [-0.1, -0.05) is 41.4 Å². The Morgan fingerprint density at radius 1 is 1.20 bits per heavy atom. The summed E-state index contributed by atoms with van der Waals surface area (Å²) in [5.41, 5.74) is 1.82. The molecule has 2 aromatic heterocycles. The molecule has 8 rings (SSSR count). The molecule has 4 atom stereocenters. The van der Waals surface area contributed by atoms with E-state index in [1.807, 2.05) is 16.8 Å². The summed E-state index contributed by atoms with van der Waals surface area (Å²) in [6, 6.07) is 13.3. The maximum absolute atomic E-state index is 16.1. The lowest BCUT2D eigenvalue weighted by molar-refractivity contribution is -0.128. The third-order valence-corrected chi connectivity index (χ3v) is 9.77. The smallest absolute Gasteiger partial charge is 0.337 e. The number of nitrogens with zero attached hydrogens (tertiary/aromatic N) is 4. The molecule has 1 saturated carbocycles. The number of pyridine rings is 1. The van der Waals surface area contributed by atoms with E-state index in [-0.39, 0.29) is 22.1 Å². The van der Waals surface area contributed by atoms with Gasteiger partial charge >= 0.3 is 5.97 Å². The topological polar surface area (TPSA) is 89.4 Å². The summed E-state index contributed by atoms with van der Waals surface area (Å²) in [6.45, 7) is 0.685. The quantitative estimate of drug-likeness (QED) is 0.249. The highest BCUT2D eigenvalue weighted by Gasteiger charge is 2.70. The minimum atomic E-state index is -1.25. The number of fused-ring (bicyclic) bond motifs is 7. The number of carbonyl (C=O) groups is 2. The van der Waals surface area contributed by atoms with Gasteiger partial charge < -0.3 is 10.1 Å². The van der Waals surface area contributed by atoms with E-state index in [1.54, 1.807) is 30.3 Å². The third-order valence-electron chi connectivity index (χ3n) is 9.26. The van der Waals surface area contributed by atoms with Gasteiger partial charge in [-0.2, -0.15) is 5.10 Å². The van der Waals surface area contributed by atoms with Gasteiger partial charge in [0.05, 0.1) is 29.3 Å². The molecule has 1 spiro atoms. The van der Waals surface area contributed by atoms with Crippen molar-refractivity contribution in [1.82, 2.24) is 19.7 Å². The van der Waals surface area contributed by atoms with Gasteiger partial charge in [-0.15, -0.1) is 0 Å². The number of benzene rings is 2. The van der Waals surface area contributed by atoms with Crippen molar-refractivity contribution in [3.05, 3.63) is 86.9 Å². The largest absolute Gasteiger partial charge is 0.465 e. The zero-order valence-electron chi connectivity index (χ0n) is 21.9. The molecule has 0 radical (unpaired) electrons. The minimum absolute atomic E-state index is 0.00531. The number of anilines is 1. The van der Waals surface area contributed by atoms with Gasteiger partial charge in [-0.3, -0.25) is 14.4 Å². The molecule has 208 valence electrons. The molecule has 1 saturated heterocycles. The van der Waals surface area contributed by atoms with Crippen LogP contribution in [-0.2, 0) is 21.5 Å². The predicted molar refractivity (Wildman–Crippen MR) is 151 cm³/mol. The number of nitrogens with one attached hydrogen (secondary N) is 1. The zero-order valence-corrected chi connectivity index (χ0v) is 23.4. The molecule has 2 aromatic carbocycles. The van der Waals surface area contributed by atoms with Gasteiger partial charge in [0.2, 0.25) is 0 Å². The van der Waals surface area contributed by atoms with Crippen LogP contribution < -0.4 is 5.32 Å². The number of esters is 1. The molecule has 11 heteroatoms. The number of aromatic nitrogens is 3. The number of likely N-dealkylation sites (tertiary alicyclic amines) is 1. The molecule has 2 fully saturated rings. The van der Waals surface area contributed by atoms with Crippen LogP contribution >= 0.6 is 23.2 Å². The summed E-state index contributed by atoms with van der Waals surface area (Å²) < 4.78 is 22.9. The first-order valence-corrected chi connectivity index (χ1v) is 14.4. The fourth-order valence-electron chi connectivity index (χ4n) is 7.47. The Bertz CT molecular complexity index is 1810. The highest BCUT2D eigenvalue weighted by atomic mass is 35.5. The fraction of sp³-hybridized carbons (Fsp3) is 0.333. The van der Waals surface area contributed by atoms with Crippen LogP contribution in [0.3, 0.4) is 0 Å². The fourth-order valence-corrected chi connectivity index (χ4v) is 7.79. The number of amides is 1. The van der Waals surface area contributed by atoms with Crippen molar-refractivity contribution in [2.45, 2.75) is 42.8 Å². The molecule has 1 amide bonds. The van der Waals surface area contributed by atoms with E-state index in [1.165, 1.54) is 13.2 Å². The van der Waals surface area contributed by atoms with Crippen LogP contribution in [0.15, 0.2) is 48.5 Å². The average Bonchev–Trinajstić information content (AvgIpc) is 3.41. The van der Waals surface area contributed by atoms with Crippen LogP contribution in [0.2, 0.25) is 10.2 Å². The van der Waals surface area contributed by atoms with Gasteiger partial charge in [0.25, 0.3) is 5.91 Å². The lowest BCUT2D eigenvalue weighted by Crippen LogP contribution is -2.53. The Morgan fingerprint density at radius 3 is 2.80 bits per heavy atom. The number of rotatable bonds is 4. The van der Waals surface area contributed by atoms with Gasteiger partial charge in [-0.05, 0) is 54.7 Å². The zero-order chi connectivity index (χ0) is 28.2. The first-order chi connectivity index (χ1) is 19.8. The number of methoxy groups -OCH3 is 1. The van der Waals surface area contributed by atoms with E-state index in [9.17, 15) is 9.59 Å². The Morgan fingerprint density at radius 2 is 2.02 bits per heavy atom. The van der Waals surface area contributed by atoms with Gasteiger partial charge in [0.15, 0.2) is 0 Å². The Hall–Kier alpha value is -3.53. The highest BCUT2D eigenvalue weighted by Crippen LogP contribution is 2.64. The Labute approximate surface area is 244 Å². The predicted octanol–water partition coefficient (Wildman–Crippen LogP) is 5.49. The first-order valence-electron chi connectivity index (χ1n) is 13.6. The van der Waals surface area contributed by atoms with E-state index < -0.39 is 29.3 Å². The van der Waals surface area contributed by atoms with E-state index in [2.05, 4.69) is 15.2 Å². The van der Waals surface area contributed by atoms with Crippen LogP contribution in [0.25, 0.3) is 10.9 Å². The van der Waals surface area contributed by atoms with Crippen molar-refractivity contribution in [2.24, 2.45) is 5.92 Å². The summed E-state index contributed by atoms with van der Waals surface area (Å²) in [6.07, 6.45) is 2.77. The van der Waals surface area contributed by atoms with E-state index >= 15 is 4.39 Å². The molecule has 0 bridgehead atoms. The van der Waals surface area contributed by atoms with Crippen LogP contribution in [0.5, 0.6) is 0 Å². The molecular weight excluding hydrogens is 568 g/mol. The summed E-state index contributed by atoms with van der Waals surface area (Å²) >= 11 is 12.6. The van der Waals surface area contributed by atoms with Crippen molar-refractivity contribution in [2.75, 3.05) is 19.0 Å². The summed E-state index contributed by atoms with van der Waals surface area (Å²) in [7, 11) is 1.34. The van der Waals surface area contributed by atoms with Crippen molar-refractivity contribution in [1.29, 1.82) is 0 Å². The van der Waals surface area contributed by atoms with Gasteiger partial charge in [-0.25, -0.2) is 14.2 Å². The molecular formula is C30H24Cl2FN5O3. The number of carbonyl (C=O) groups excluding carboxylic acids is 2. The maximum atomic E-state index is 16.1. The third kappa shape index (κ3) is 3.37. The molecule has 8 nitrogen and oxygen atoms in total. The second-order valence-electron chi connectivity index (χ2n) is 11.3. The van der Waals surface area contributed by atoms with E-state index in [0.717, 1.165) is 23.9 Å². The second kappa shape index (κ2) is 8.74. The molecule has 0 unspecified atom stereocenters. The average molecular weight is 592 g/mol. The van der Waals surface area contributed by atoms with Crippen LogP contribution in [0.4, 0.5) is 10.2 Å². The standard InChI is InChI=1S/C30H24Cl2FN5O3/c1-41-28(39)15-7-8-16-20(11-15)36-38-21(16)12-22-26(38)24(17-3-2-4-19(31)25(17)33)30(37(22)13-14-5-6-14)18-9-10-23(32)34-27(18)35-29(30)40/h2-4,7-11,14,22,24,26H,5-6,12-13H2,1H3,(H,34,35,40)/t22-,24-,26+,30+/m0/s1. The van der Waals surface area contributed by atoms with Gasteiger partial charge in [0.1, 0.15) is 22.3 Å². The SMILES string of the molecule is COC(=O)c1ccc2c3n(nc2c1)[C@@H]1[C@H](C3)N(CC2CC2)[C@@]2(C(=O)Nc3nc(Cl)ccc32)[C@H]1c1cccc(Cl)c1F. The molecule has 4 aliphatic rings. The van der Waals surface area contributed by atoms with Crippen molar-refractivity contribution in [3.8, 4) is 0 Å². The monoisotopic (exact) mass is 591 g/mol. The minimum Gasteiger partial charge on any atom is -0.465 e. The molecule has 5 heterocycles. The molecule has 4 aromatic rings. The number of halogens is 3. The summed E-state index contributed by atoms with van der Waals surface area (Å²) in [5, 5.41) is 9.14. The van der Waals surface area contributed by atoms with Crippen LogP contribution in [0, 0.1) is 11.7 Å². The number of hydrogen-bond donors (Lipinski definition) is 1. The summed E-state index contributed by atoms with van der Waals surface area (Å²) in [5.74, 6) is -1.09. The van der Waals surface area contributed by atoms with Gasteiger partial charge in [0, 0.05) is 41.6 Å². The van der Waals surface area contributed by atoms with Crippen LogP contribution in [-0.4, -0.2) is 51.2 Å². The Balaban J connectivity index is 1.40.